The summed E-state index contributed by atoms with van der Waals surface area (Å²) < 4.78 is 38.0. The molecule has 0 unspecified atom stereocenters. The predicted octanol–water partition coefficient (Wildman–Crippen LogP) is 3.14. The van der Waals surface area contributed by atoms with Gasteiger partial charge in [-0.3, -0.25) is 0 Å². The Morgan fingerprint density at radius 2 is 0.880 bits per heavy atom. The van der Waals surface area contributed by atoms with E-state index in [0.29, 0.717) is 52.0 Å². The van der Waals surface area contributed by atoms with E-state index < -0.39 is 17.9 Å². The van der Waals surface area contributed by atoms with Crippen LogP contribution >= 0.6 is 12.6 Å². The molecule has 0 saturated heterocycles. The van der Waals surface area contributed by atoms with Gasteiger partial charge in [0.25, 0.3) is 0 Å². The molecule has 154 valence electrons. The zero-order chi connectivity index (χ0) is 19.6. The third-order valence-corrected chi connectivity index (χ3v) is 7.66. The van der Waals surface area contributed by atoms with E-state index in [2.05, 4.69) is 12.6 Å². The molecule has 25 heavy (non-hydrogen) atoms. The van der Waals surface area contributed by atoms with Gasteiger partial charge in [0.2, 0.25) is 0 Å². The third-order valence-electron chi connectivity index (χ3n) is 2.55. The Kier molecular flexibility index (Phi) is 19.8. The van der Waals surface area contributed by atoms with Gasteiger partial charge in [0, 0.05) is 58.5 Å². The average Bonchev–Trinajstić information content (AvgIpc) is 2.55. The van der Waals surface area contributed by atoms with Crippen LogP contribution in [0, 0.1) is 0 Å². The van der Waals surface area contributed by atoms with E-state index in [1.165, 1.54) is 0 Å². The van der Waals surface area contributed by atoms with Crippen LogP contribution in [-0.2, 0) is 31.0 Å². The number of hydrogen-bond donors (Lipinski definition) is 1. The first kappa shape index (κ1) is 27.7. The molecule has 0 aliphatic rings. The fourth-order valence-corrected chi connectivity index (χ4v) is 5.79. The van der Waals surface area contributed by atoms with Gasteiger partial charge in [-0.2, -0.15) is 12.6 Å². The van der Waals surface area contributed by atoms with Gasteiger partial charge >= 0.3 is 17.9 Å². The summed E-state index contributed by atoms with van der Waals surface area (Å²) in [5.41, 5.74) is 0. The van der Waals surface area contributed by atoms with E-state index in [4.69, 9.17) is 31.0 Å². The summed E-state index contributed by atoms with van der Waals surface area (Å²) in [5.74, 6) is 0.697. The standard InChI is InChI=1S/C8H20O4Si.C7H18O3SSi/c1-5-9-13(10-6-2,11-7-3)12-8-4;1-4-8-12(3,9-5-2)10-6-7-11/h5-8H2,1-4H3;11H,4-7H2,1-3H3. The Morgan fingerprint density at radius 1 is 0.560 bits per heavy atom. The van der Waals surface area contributed by atoms with Crippen molar-refractivity contribution in [2.24, 2.45) is 0 Å². The first-order valence-corrected chi connectivity index (χ1v) is 13.5. The molecule has 0 spiro atoms. The highest BCUT2D eigenvalue weighted by Crippen LogP contribution is 2.11. The molecule has 0 rings (SSSR count). The van der Waals surface area contributed by atoms with Crippen molar-refractivity contribution in [3.63, 3.8) is 0 Å². The van der Waals surface area contributed by atoms with Crippen LogP contribution in [0.3, 0.4) is 0 Å². The van der Waals surface area contributed by atoms with Crippen molar-refractivity contribution < 1.29 is 31.0 Å². The molecule has 0 heterocycles. The zero-order valence-corrected chi connectivity index (χ0v) is 19.9. The highest BCUT2D eigenvalue weighted by atomic mass is 32.1. The van der Waals surface area contributed by atoms with Crippen LogP contribution in [0.2, 0.25) is 6.55 Å². The molecule has 10 heteroatoms. The molecule has 0 aliphatic heterocycles. The Hall–Kier alpha value is 0.504. The lowest BCUT2D eigenvalue weighted by Gasteiger charge is -2.26. The maximum atomic E-state index is 5.48. The van der Waals surface area contributed by atoms with Crippen molar-refractivity contribution >= 4 is 30.5 Å². The van der Waals surface area contributed by atoms with Gasteiger partial charge in [0.05, 0.1) is 0 Å². The van der Waals surface area contributed by atoms with Crippen molar-refractivity contribution in [1.82, 2.24) is 0 Å². The molecule has 0 aromatic carbocycles. The predicted molar refractivity (Wildman–Crippen MR) is 107 cm³/mol. The lowest BCUT2D eigenvalue weighted by Crippen LogP contribution is -2.49. The van der Waals surface area contributed by atoms with Gasteiger partial charge in [0.15, 0.2) is 0 Å². The van der Waals surface area contributed by atoms with Crippen LogP contribution in [0.4, 0.5) is 0 Å². The molecule has 0 N–H and O–H groups in total. The molecule has 0 amide bonds. The number of rotatable bonds is 15. The van der Waals surface area contributed by atoms with Crippen LogP contribution in [-0.4, -0.2) is 69.9 Å². The molecule has 0 aliphatic carbocycles. The van der Waals surface area contributed by atoms with Crippen LogP contribution < -0.4 is 0 Å². The van der Waals surface area contributed by atoms with Gasteiger partial charge in [-0.05, 0) is 41.5 Å². The van der Waals surface area contributed by atoms with Gasteiger partial charge in [-0.25, -0.2) is 0 Å². The van der Waals surface area contributed by atoms with Crippen molar-refractivity contribution in [3.8, 4) is 0 Å². The van der Waals surface area contributed by atoms with Crippen LogP contribution in [0.25, 0.3) is 0 Å². The van der Waals surface area contributed by atoms with Crippen LogP contribution in [0.1, 0.15) is 41.5 Å². The first-order chi connectivity index (χ1) is 11.9. The van der Waals surface area contributed by atoms with Crippen molar-refractivity contribution in [3.05, 3.63) is 0 Å². The second-order valence-electron chi connectivity index (χ2n) is 4.53. The van der Waals surface area contributed by atoms with Crippen molar-refractivity contribution in [2.45, 2.75) is 48.1 Å². The van der Waals surface area contributed by atoms with Gasteiger partial charge in [-0.1, -0.05) is 0 Å². The van der Waals surface area contributed by atoms with Gasteiger partial charge in [0.1, 0.15) is 0 Å². The molecule has 0 aromatic rings. The lowest BCUT2D eigenvalue weighted by atomic mass is 10.9. The van der Waals surface area contributed by atoms with Gasteiger partial charge in [-0.15, -0.1) is 0 Å². The SMILES string of the molecule is CCO[Si](C)(OCC)OCCS.CCO[Si](OCC)(OCC)OCC. The third kappa shape index (κ3) is 14.3. The highest BCUT2D eigenvalue weighted by Gasteiger charge is 2.44. The molecule has 0 aromatic heterocycles. The number of hydrogen-bond acceptors (Lipinski definition) is 8. The summed E-state index contributed by atoms with van der Waals surface area (Å²) in [5, 5.41) is 0. The van der Waals surface area contributed by atoms with E-state index >= 15 is 0 Å². The lowest BCUT2D eigenvalue weighted by molar-refractivity contribution is -0.0247. The smallest absolute Gasteiger partial charge is 0.374 e. The topological polar surface area (TPSA) is 64.6 Å². The Labute approximate surface area is 161 Å². The summed E-state index contributed by atoms with van der Waals surface area (Å²) >= 11 is 4.05. The molecule has 0 saturated carbocycles. The summed E-state index contributed by atoms with van der Waals surface area (Å²) in [6, 6.07) is 0. The molecule has 0 atom stereocenters. The quantitative estimate of drug-likeness (QED) is 0.324. The minimum Gasteiger partial charge on any atom is -0.374 e. The largest absolute Gasteiger partial charge is 0.679 e. The highest BCUT2D eigenvalue weighted by molar-refractivity contribution is 7.80. The normalized spacial score (nSPS) is 12.0. The molecule has 0 bridgehead atoms. The molecule has 0 fully saturated rings. The second-order valence-corrected chi connectivity index (χ2v) is 9.73. The van der Waals surface area contributed by atoms with E-state index in [1.54, 1.807) is 0 Å². The van der Waals surface area contributed by atoms with E-state index in [-0.39, 0.29) is 0 Å². The summed E-state index contributed by atoms with van der Waals surface area (Å²) in [7, 11) is -5.11. The molecular weight excluding hydrogens is 380 g/mol. The zero-order valence-electron chi connectivity index (χ0n) is 17.0. The van der Waals surface area contributed by atoms with E-state index in [9.17, 15) is 0 Å². The number of thiol groups is 1. The van der Waals surface area contributed by atoms with Crippen LogP contribution in [0.15, 0.2) is 0 Å². The maximum Gasteiger partial charge on any atom is 0.679 e. The Morgan fingerprint density at radius 3 is 1.12 bits per heavy atom. The summed E-state index contributed by atoms with van der Waals surface area (Å²) in [6.07, 6.45) is 0. The van der Waals surface area contributed by atoms with Crippen LogP contribution in [0.5, 0.6) is 0 Å². The fourth-order valence-electron chi connectivity index (χ4n) is 1.84. The molecule has 0 radical (unpaired) electrons. The van der Waals surface area contributed by atoms with E-state index in [1.807, 2.05) is 48.1 Å². The van der Waals surface area contributed by atoms with Crippen molar-refractivity contribution in [1.29, 1.82) is 0 Å². The van der Waals surface area contributed by atoms with Crippen molar-refractivity contribution in [2.75, 3.05) is 52.0 Å². The van der Waals surface area contributed by atoms with E-state index in [0.717, 1.165) is 0 Å². The minimum atomic E-state index is -2.80. The maximum absolute atomic E-state index is 5.48. The minimum absolute atomic E-state index is 0.548. The Balaban J connectivity index is 0. The molecular formula is C15H38O7SSi2. The first-order valence-electron chi connectivity index (χ1n) is 9.01. The molecule has 7 nitrogen and oxygen atoms in total. The fraction of sp³-hybridized carbons (Fsp3) is 1.00. The summed E-state index contributed by atoms with van der Waals surface area (Å²) in [4.78, 5) is 0. The monoisotopic (exact) mass is 418 g/mol. The Bertz CT molecular complexity index is 253. The summed E-state index contributed by atoms with van der Waals surface area (Å²) in [6.45, 7) is 17.4. The van der Waals surface area contributed by atoms with Gasteiger partial charge < -0.3 is 31.0 Å². The average molecular weight is 419 g/mol. The second kappa shape index (κ2) is 17.9.